The zero-order valence-corrected chi connectivity index (χ0v) is 14.4. The SMILES string of the molecule is O=C(Cn1cnc2ccc([N+](=O)[O-])cc2c1=O)N1CCCc2ccccc21. The summed E-state index contributed by atoms with van der Waals surface area (Å²) in [5.41, 5.74) is 1.68. The highest BCUT2D eigenvalue weighted by Gasteiger charge is 2.23. The molecule has 2 heterocycles. The number of aromatic nitrogens is 2. The molecule has 27 heavy (non-hydrogen) atoms. The Bertz CT molecular complexity index is 1120. The van der Waals surface area contributed by atoms with Crippen LogP contribution in [0.3, 0.4) is 0 Å². The number of carbonyl (C=O) groups is 1. The number of nitro groups is 1. The van der Waals surface area contributed by atoms with Gasteiger partial charge in [0.05, 0.1) is 22.2 Å². The topological polar surface area (TPSA) is 98.3 Å². The summed E-state index contributed by atoms with van der Waals surface area (Å²) in [6.07, 6.45) is 3.09. The molecule has 136 valence electrons. The van der Waals surface area contributed by atoms with Crippen LogP contribution < -0.4 is 10.5 Å². The lowest BCUT2D eigenvalue weighted by Crippen LogP contribution is -2.39. The van der Waals surface area contributed by atoms with E-state index in [1.165, 1.54) is 29.1 Å². The number of hydrogen-bond donors (Lipinski definition) is 0. The fourth-order valence-corrected chi connectivity index (χ4v) is 3.40. The Balaban J connectivity index is 1.68. The van der Waals surface area contributed by atoms with Gasteiger partial charge in [0.25, 0.3) is 11.2 Å². The van der Waals surface area contributed by atoms with Gasteiger partial charge in [0, 0.05) is 24.4 Å². The molecule has 4 rings (SSSR count). The maximum Gasteiger partial charge on any atom is 0.270 e. The van der Waals surface area contributed by atoms with Gasteiger partial charge in [-0.15, -0.1) is 0 Å². The lowest BCUT2D eigenvalue weighted by molar-refractivity contribution is -0.384. The Hall–Kier alpha value is -3.55. The largest absolute Gasteiger partial charge is 0.311 e. The summed E-state index contributed by atoms with van der Waals surface area (Å²) in [5.74, 6) is -0.212. The van der Waals surface area contributed by atoms with Crippen molar-refractivity contribution in [1.82, 2.24) is 9.55 Å². The summed E-state index contributed by atoms with van der Waals surface area (Å²) >= 11 is 0. The Morgan fingerprint density at radius 3 is 2.85 bits per heavy atom. The van der Waals surface area contributed by atoms with Gasteiger partial charge in [0.1, 0.15) is 6.54 Å². The van der Waals surface area contributed by atoms with Gasteiger partial charge in [-0.1, -0.05) is 18.2 Å². The number of benzene rings is 2. The van der Waals surface area contributed by atoms with Gasteiger partial charge in [0.2, 0.25) is 5.91 Å². The number of fused-ring (bicyclic) bond motifs is 2. The van der Waals surface area contributed by atoms with Gasteiger partial charge in [0.15, 0.2) is 0 Å². The summed E-state index contributed by atoms with van der Waals surface area (Å²) < 4.78 is 1.20. The first-order chi connectivity index (χ1) is 13.0. The summed E-state index contributed by atoms with van der Waals surface area (Å²) in [6, 6.07) is 11.7. The van der Waals surface area contributed by atoms with Crippen molar-refractivity contribution in [3.05, 3.63) is 74.8 Å². The van der Waals surface area contributed by atoms with E-state index in [2.05, 4.69) is 4.98 Å². The van der Waals surface area contributed by atoms with Crippen LogP contribution in [-0.4, -0.2) is 26.9 Å². The number of rotatable bonds is 3. The lowest BCUT2D eigenvalue weighted by Gasteiger charge is -2.29. The number of nitrogens with zero attached hydrogens (tertiary/aromatic N) is 4. The number of non-ortho nitro benzene ring substituents is 1. The molecule has 0 spiro atoms. The lowest BCUT2D eigenvalue weighted by atomic mass is 10.0. The molecule has 0 N–H and O–H groups in total. The number of amides is 1. The van der Waals surface area contributed by atoms with E-state index in [9.17, 15) is 19.7 Å². The molecule has 0 aliphatic carbocycles. The highest BCUT2D eigenvalue weighted by molar-refractivity contribution is 5.94. The molecule has 0 radical (unpaired) electrons. The highest BCUT2D eigenvalue weighted by Crippen LogP contribution is 2.26. The molecule has 0 saturated carbocycles. The highest BCUT2D eigenvalue weighted by atomic mass is 16.6. The molecule has 2 aromatic carbocycles. The standard InChI is InChI=1S/C19H16N4O4/c24-18(22-9-3-5-13-4-1-2-6-17(13)22)11-21-12-20-16-8-7-14(23(26)27)10-15(16)19(21)25/h1-2,4,6-8,10,12H,3,5,9,11H2. The first-order valence-electron chi connectivity index (χ1n) is 8.56. The third kappa shape index (κ3) is 3.05. The second-order valence-corrected chi connectivity index (χ2v) is 6.41. The quantitative estimate of drug-likeness (QED) is 0.524. The third-order valence-corrected chi connectivity index (χ3v) is 4.74. The van der Waals surface area contributed by atoms with Crippen molar-refractivity contribution < 1.29 is 9.72 Å². The molecule has 1 aliphatic heterocycles. The van der Waals surface area contributed by atoms with Crippen LogP contribution in [0.2, 0.25) is 0 Å². The second-order valence-electron chi connectivity index (χ2n) is 6.41. The molecule has 1 amide bonds. The number of aryl methyl sites for hydroxylation is 1. The van der Waals surface area contributed by atoms with Crippen molar-refractivity contribution in [3.8, 4) is 0 Å². The Morgan fingerprint density at radius 1 is 1.22 bits per heavy atom. The molecule has 8 heteroatoms. The van der Waals surface area contributed by atoms with Crippen LogP contribution in [0.1, 0.15) is 12.0 Å². The van der Waals surface area contributed by atoms with E-state index < -0.39 is 10.5 Å². The van der Waals surface area contributed by atoms with Crippen molar-refractivity contribution >= 4 is 28.2 Å². The van der Waals surface area contributed by atoms with Crippen LogP contribution in [-0.2, 0) is 17.8 Å². The molecule has 8 nitrogen and oxygen atoms in total. The molecule has 0 unspecified atom stereocenters. The normalized spacial score (nSPS) is 13.4. The van der Waals surface area contributed by atoms with E-state index in [1.807, 2.05) is 24.3 Å². The number of hydrogen-bond acceptors (Lipinski definition) is 5. The first kappa shape index (κ1) is 16.9. The van der Waals surface area contributed by atoms with Crippen LogP contribution >= 0.6 is 0 Å². The summed E-state index contributed by atoms with van der Waals surface area (Å²) in [4.78, 5) is 41.8. The van der Waals surface area contributed by atoms with Crippen molar-refractivity contribution in [2.75, 3.05) is 11.4 Å². The molecule has 0 atom stereocenters. The van der Waals surface area contributed by atoms with Crippen molar-refractivity contribution in [2.24, 2.45) is 0 Å². The van der Waals surface area contributed by atoms with Gasteiger partial charge in [-0.3, -0.25) is 24.3 Å². The predicted octanol–water partition coefficient (Wildman–Crippen LogP) is 2.28. The molecule has 0 fully saturated rings. The van der Waals surface area contributed by atoms with Crippen LogP contribution in [0.15, 0.2) is 53.6 Å². The minimum atomic E-state index is -0.563. The maximum absolute atomic E-state index is 12.8. The van der Waals surface area contributed by atoms with E-state index in [1.54, 1.807) is 4.90 Å². The van der Waals surface area contributed by atoms with E-state index in [-0.39, 0.29) is 23.5 Å². The molecular weight excluding hydrogens is 348 g/mol. The smallest absolute Gasteiger partial charge is 0.270 e. The van der Waals surface area contributed by atoms with Gasteiger partial charge >= 0.3 is 0 Å². The fourth-order valence-electron chi connectivity index (χ4n) is 3.40. The molecular formula is C19H16N4O4. The zero-order valence-electron chi connectivity index (χ0n) is 14.4. The van der Waals surface area contributed by atoms with Gasteiger partial charge < -0.3 is 4.90 Å². The number of anilines is 1. The van der Waals surface area contributed by atoms with Crippen LogP contribution in [0, 0.1) is 10.1 Å². The summed E-state index contributed by atoms with van der Waals surface area (Å²) in [7, 11) is 0. The van der Waals surface area contributed by atoms with Crippen molar-refractivity contribution in [3.63, 3.8) is 0 Å². The number of carbonyl (C=O) groups excluding carboxylic acids is 1. The second kappa shape index (κ2) is 6.64. The van der Waals surface area contributed by atoms with E-state index in [4.69, 9.17) is 0 Å². The van der Waals surface area contributed by atoms with Crippen LogP contribution in [0.25, 0.3) is 10.9 Å². The average Bonchev–Trinajstić information content (AvgIpc) is 2.69. The fraction of sp³-hybridized carbons (Fsp3) is 0.211. The van der Waals surface area contributed by atoms with Crippen LogP contribution in [0.4, 0.5) is 11.4 Å². The Labute approximate surface area is 153 Å². The Morgan fingerprint density at radius 2 is 2.04 bits per heavy atom. The summed E-state index contributed by atoms with van der Waals surface area (Å²) in [5, 5.41) is 11.1. The number of para-hydroxylation sites is 1. The molecule has 1 aromatic heterocycles. The van der Waals surface area contributed by atoms with E-state index in [0.717, 1.165) is 24.1 Å². The molecule has 0 saturated heterocycles. The minimum Gasteiger partial charge on any atom is -0.311 e. The maximum atomic E-state index is 12.8. The molecule has 3 aromatic rings. The third-order valence-electron chi connectivity index (χ3n) is 4.74. The monoisotopic (exact) mass is 364 g/mol. The minimum absolute atomic E-state index is 0.124. The van der Waals surface area contributed by atoms with Gasteiger partial charge in [-0.2, -0.15) is 0 Å². The number of nitro benzene ring substituents is 1. The van der Waals surface area contributed by atoms with E-state index in [0.29, 0.717) is 12.1 Å². The van der Waals surface area contributed by atoms with Gasteiger partial charge in [-0.05, 0) is 30.5 Å². The average molecular weight is 364 g/mol. The van der Waals surface area contributed by atoms with Gasteiger partial charge in [-0.25, -0.2) is 4.98 Å². The zero-order chi connectivity index (χ0) is 19.0. The molecule has 1 aliphatic rings. The Kier molecular flexibility index (Phi) is 4.15. The van der Waals surface area contributed by atoms with Crippen molar-refractivity contribution in [2.45, 2.75) is 19.4 Å². The first-order valence-corrected chi connectivity index (χ1v) is 8.56. The van der Waals surface area contributed by atoms with Crippen molar-refractivity contribution in [1.29, 1.82) is 0 Å². The predicted molar refractivity (Wildman–Crippen MR) is 99.8 cm³/mol. The van der Waals surface area contributed by atoms with Crippen LogP contribution in [0.5, 0.6) is 0 Å². The van der Waals surface area contributed by atoms with E-state index >= 15 is 0 Å². The molecule has 0 bridgehead atoms. The summed E-state index contributed by atoms with van der Waals surface area (Å²) in [6.45, 7) is 0.426.